The van der Waals surface area contributed by atoms with Crippen molar-refractivity contribution in [1.82, 2.24) is 14.8 Å². The molecule has 0 radical (unpaired) electrons. The molecule has 2 heterocycles. The predicted molar refractivity (Wildman–Crippen MR) is 75.1 cm³/mol. The van der Waals surface area contributed by atoms with E-state index in [0.717, 1.165) is 30.5 Å². The van der Waals surface area contributed by atoms with Gasteiger partial charge in [0.05, 0.1) is 11.3 Å². The van der Waals surface area contributed by atoms with Gasteiger partial charge in [0.1, 0.15) is 5.69 Å². The highest BCUT2D eigenvalue weighted by Gasteiger charge is 2.15. The second-order valence-corrected chi connectivity index (χ2v) is 5.03. The molecule has 4 nitrogen and oxygen atoms in total. The molecule has 0 aliphatic heterocycles. The van der Waals surface area contributed by atoms with E-state index in [-0.39, 0.29) is 0 Å². The van der Waals surface area contributed by atoms with Crippen LogP contribution < -0.4 is 0 Å². The number of carbonyl (C=O) groups excluding carboxylic acids is 1. The summed E-state index contributed by atoms with van der Waals surface area (Å²) >= 11 is 0. The van der Waals surface area contributed by atoms with Gasteiger partial charge in [-0.25, -0.2) is 0 Å². The normalized spacial score (nSPS) is 10.9. The number of hydrogen-bond donors (Lipinski definition) is 0. The van der Waals surface area contributed by atoms with Gasteiger partial charge in [-0.1, -0.05) is 26.8 Å². The van der Waals surface area contributed by atoms with E-state index in [1.165, 1.54) is 0 Å². The number of aryl methyl sites for hydroxylation is 1. The van der Waals surface area contributed by atoms with E-state index in [9.17, 15) is 4.79 Å². The van der Waals surface area contributed by atoms with Gasteiger partial charge >= 0.3 is 0 Å². The number of aromatic nitrogens is 3. The van der Waals surface area contributed by atoms with Gasteiger partial charge in [-0.15, -0.1) is 0 Å². The lowest BCUT2D eigenvalue weighted by Crippen LogP contribution is -2.05. The van der Waals surface area contributed by atoms with Crippen molar-refractivity contribution in [3.63, 3.8) is 0 Å². The predicted octanol–water partition coefficient (Wildman–Crippen LogP) is 2.98. The summed E-state index contributed by atoms with van der Waals surface area (Å²) < 4.78 is 1.83. The zero-order valence-electron chi connectivity index (χ0n) is 11.6. The van der Waals surface area contributed by atoms with Crippen LogP contribution in [0.25, 0.3) is 11.4 Å². The molecular weight excluding hydrogens is 238 g/mol. The van der Waals surface area contributed by atoms with E-state index in [1.54, 1.807) is 12.4 Å². The van der Waals surface area contributed by atoms with Crippen molar-refractivity contribution in [2.24, 2.45) is 5.92 Å². The minimum Gasteiger partial charge on any atom is -0.298 e. The van der Waals surface area contributed by atoms with Gasteiger partial charge in [-0.05, 0) is 24.0 Å². The van der Waals surface area contributed by atoms with Crippen LogP contribution >= 0.6 is 0 Å². The molecule has 2 rings (SSSR count). The van der Waals surface area contributed by atoms with Crippen molar-refractivity contribution in [2.45, 2.75) is 33.7 Å². The van der Waals surface area contributed by atoms with Crippen LogP contribution in [0.5, 0.6) is 0 Å². The first-order valence-electron chi connectivity index (χ1n) is 6.62. The molecule has 0 atom stereocenters. The van der Waals surface area contributed by atoms with Crippen molar-refractivity contribution in [1.29, 1.82) is 0 Å². The topological polar surface area (TPSA) is 47.8 Å². The molecule has 0 spiro atoms. The highest BCUT2D eigenvalue weighted by Crippen LogP contribution is 2.23. The number of pyridine rings is 1. The minimum atomic E-state index is 0.488. The first-order chi connectivity index (χ1) is 9.15. The average Bonchev–Trinajstić information content (AvgIpc) is 2.80. The Labute approximate surface area is 113 Å². The summed E-state index contributed by atoms with van der Waals surface area (Å²) in [5.41, 5.74) is 3.22. The van der Waals surface area contributed by atoms with Crippen LogP contribution in [0.1, 0.15) is 36.7 Å². The van der Waals surface area contributed by atoms with Crippen molar-refractivity contribution in [3.8, 4) is 11.4 Å². The Balaban J connectivity index is 2.48. The number of nitrogens with zero attached hydrogens (tertiary/aromatic N) is 3. The quantitative estimate of drug-likeness (QED) is 0.774. The van der Waals surface area contributed by atoms with Crippen LogP contribution in [0, 0.1) is 5.92 Å². The van der Waals surface area contributed by atoms with Crippen LogP contribution in [-0.4, -0.2) is 21.1 Å². The molecule has 0 unspecified atom stereocenters. The summed E-state index contributed by atoms with van der Waals surface area (Å²) in [6.07, 6.45) is 5.27. The largest absolute Gasteiger partial charge is 0.298 e. The van der Waals surface area contributed by atoms with Crippen molar-refractivity contribution in [2.75, 3.05) is 0 Å². The van der Waals surface area contributed by atoms with Gasteiger partial charge in [0.2, 0.25) is 0 Å². The Morgan fingerprint density at radius 2 is 2.16 bits per heavy atom. The SMILES string of the molecule is CCc1cccnc1-c1nn(CC(C)C)cc1C=O. The second-order valence-electron chi connectivity index (χ2n) is 5.03. The fraction of sp³-hybridized carbons (Fsp3) is 0.400. The third-order valence-electron chi connectivity index (χ3n) is 2.97. The van der Waals surface area contributed by atoms with Crippen LogP contribution in [0.4, 0.5) is 0 Å². The minimum absolute atomic E-state index is 0.488. The highest BCUT2D eigenvalue weighted by molar-refractivity contribution is 5.85. The van der Waals surface area contributed by atoms with Gasteiger partial charge in [0.15, 0.2) is 6.29 Å². The van der Waals surface area contributed by atoms with E-state index in [0.29, 0.717) is 17.2 Å². The monoisotopic (exact) mass is 257 g/mol. The van der Waals surface area contributed by atoms with Crippen LogP contribution in [0.2, 0.25) is 0 Å². The summed E-state index contributed by atoms with van der Waals surface area (Å²) in [4.78, 5) is 15.6. The first-order valence-corrected chi connectivity index (χ1v) is 6.62. The number of hydrogen-bond acceptors (Lipinski definition) is 3. The molecule has 0 aliphatic carbocycles. The maximum absolute atomic E-state index is 11.2. The van der Waals surface area contributed by atoms with Gasteiger partial charge in [-0.3, -0.25) is 14.5 Å². The highest BCUT2D eigenvalue weighted by atomic mass is 16.1. The zero-order valence-corrected chi connectivity index (χ0v) is 11.6. The second kappa shape index (κ2) is 5.78. The van der Waals surface area contributed by atoms with E-state index in [2.05, 4.69) is 30.9 Å². The Morgan fingerprint density at radius 1 is 1.37 bits per heavy atom. The fourth-order valence-corrected chi connectivity index (χ4v) is 2.11. The number of rotatable bonds is 5. The lowest BCUT2D eigenvalue weighted by atomic mass is 10.1. The van der Waals surface area contributed by atoms with Crippen LogP contribution in [0.3, 0.4) is 0 Å². The van der Waals surface area contributed by atoms with Gasteiger partial charge in [0, 0.05) is 18.9 Å². The van der Waals surface area contributed by atoms with Crippen molar-refractivity contribution >= 4 is 6.29 Å². The Hall–Kier alpha value is -1.97. The third-order valence-corrected chi connectivity index (χ3v) is 2.97. The van der Waals surface area contributed by atoms with Crippen LogP contribution in [-0.2, 0) is 13.0 Å². The van der Waals surface area contributed by atoms with E-state index >= 15 is 0 Å². The maximum atomic E-state index is 11.2. The summed E-state index contributed by atoms with van der Waals surface area (Å²) in [7, 11) is 0. The van der Waals surface area contributed by atoms with Crippen molar-refractivity contribution < 1.29 is 4.79 Å². The summed E-state index contributed by atoms with van der Waals surface area (Å²) in [5, 5.41) is 4.52. The number of aldehydes is 1. The molecule has 2 aromatic heterocycles. The molecule has 0 N–H and O–H groups in total. The Kier molecular flexibility index (Phi) is 4.10. The lowest BCUT2D eigenvalue weighted by molar-refractivity contribution is 0.112. The summed E-state index contributed by atoms with van der Waals surface area (Å²) in [5.74, 6) is 0.488. The molecule has 0 saturated heterocycles. The molecule has 0 aliphatic rings. The van der Waals surface area contributed by atoms with E-state index < -0.39 is 0 Å². The molecular formula is C15H19N3O. The first kappa shape index (κ1) is 13.5. The maximum Gasteiger partial charge on any atom is 0.153 e. The van der Waals surface area contributed by atoms with Crippen molar-refractivity contribution in [3.05, 3.63) is 35.7 Å². The molecule has 4 heteroatoms. The van der Waals surface area contributed by atoms with Crippen LogP contribution in [0.15, 0.2) is 24.5 Å². The standard InChI is InChI=1S/C15H19N3O/c1-4-12-6-5-7-16-14(12)15-13(10-19)9-18(17-15)8-11(2)3/h5-7,9-11H,4,8H2,1-3H3. The molecule has 0 aromatic carbocycles. The Bertz CT molecular complexity index is 573. The van der Waals surface area contributed by atoms with Gasteiger partial charge < -0.3 is 0 Å². The molecule has 0 bridgehead atoms. The molecule has 100 valence electrons. The molecule has 0 fully saturated rings. The summed E-state index contributed by atoms with van der Waals surface area (Å²) in [6, 6.07) is 3.94. The Morgan fingerprint density at radius 3 is 2.79 bits per heavy atom. The molecule has 19 heavy (non-hydrogen) atoms. The molecule has 2 aromatic rings. The zero-order chi connectivity index (χ0) is 13.8. The molecule has 0 saturated carbocycles. The third kappa shape index (κ3) is 2.89. The lowest BCUT2D eigenvalue weighted by Gasteiger charge is -2.05. The fourth-order valence-electron chi connectivity index (χ4n) is 2.11. The average molecular weight is 257 g/mol. The van der Waals surface area contributed by atoms with E-state index in [4.69, 9.17) is 0 Å². The number of carbonyl (C=O) groups is 1. The summed E-state index contributed by atoms with van der Waals surface area (Å²) in [6.45, 7) is 7.13. The van der Waals surface area contributed by atoms with Gasteiger partial charge in [-0.2, -0.15) is 5.10 Å². The van der Waals surface area contributed by atoms with E-state index in [1.807, 2.05) is 16.8 Å². The smallest absolute Gasteiger partial charge is 0.153 e. The molecule has 0 amide bonds. The van der Waals surface area contributed by atoms with Gasteiger partial charge in [0.25, 0.3) is 0 Å².